The van der Waals surface area contributed by atoms with Crippen molar-refractivity contribution in [2.75, 3.05) is 19.6 Å². The summed E-state index contributed by atoms with van der Waals surface area (Å²) in [5, 5.41) is 6.08. The molecule has 1 rings (SSSR count). The molecular formula is C15H23ClN2O2. The molecule has 0 radical (unpaired) electrons. The zero-order valence-electron chi connectivity index (χ0n) is 12.1. The number of hydrogen-bond donors (Lipinski definition) is 2. The molecule has 4 nitrogen and oxygen atoms in total. The lowest BCUT2D eigenvalue weighted by Gasteiger charge is -2.06. The van der Waals surface area contributed by atoms with E-state index in [0.29, 0.717) is 18.5 Å². The summed E-state index contributed by atoms with van der Waals surface area (Å²) < 4.78 is 0. The maximum absolute atomic E-state index is 11.7. The molecule has 0 bridgehead atoms. The zero-order chi connectivity index (χ0) is 14.1. The number of benzene rings is 1. The summed E-state index contributed by atoms with van der Waals surface area (Å²) in [6, 6.07) is 7.17. The fourth-order valence-electron chi connectivity index (χ4n) is 1.70. The molecule has 0 heterocycles. The van der Waals surface area contributed by atoms with Crippen LogP contribution in [-0.2, 0) is 11.2 Å². The van der Waals surface area contributed by atoms with E-state index in [-0.39, 0.29) is 24.1 Å². The highest BCUT2D eigenvalue weighted by Crippen LogP contribution is 2.05. The maximum atomic E-state index is 11.7. The third kappa shape index (κ3) is 7.26. The van der Waals surface area contributed by atoms with Crippen LogP contribution < -0.4 is 10.6 Å². The summed E-state index contributed by atoms with van der Waals surface area (Å²) in [4.78, 5) is 22.8. The predicted octanol–water partition coefficient (Wildman–Crippen LogP) is 1.97. The van der Waals surface area contributed by atoms with Gasteiger partial charge in [-0.05, 0) is 25.5 Å². The van der Waals surface area contributed by atoms with Crippen molar-refractivity contribution >= 4 is 24.1 Å². The first kappa shape index (κ1) is 18.6. The van der Waals surface area contributed by atoms with Gasteiger partial charge in [0, 0.05) is 18.7 Å². The van der Waals surface area contributed by atoms with Crippen molar-refractivity contribution in [2.24, 2.45) is 0 Å². The molecule has 0 unspecified atom stereocenters. The van der Waals surface area contributed by atoms with Gasteiger partial charge in [0.05, 0.1) is 6.42 Å². The fourth-order valence-corrected chi connectivity index (χ4v) is 1.70. The van der Waals surface area contributed by atoms with E-state index in [1.54, 1.807) is 12.1 Å². The highest BCUT2D eigenvalue weighted by molar-refractivity contribution is 5.94. The van der Waals surface area contributed by atoms with E-state index in [9.17, 15) is 9.59 Å². The second-order valence-corrected chi connectivity index (χ2v) is 4.53. The highest BCUT2D eigenvalue weighted by Gasteiger charge is 2.04. The SMILES string of the molecule is CCCNCCNC(=O)Cc1ccc(C(C)=O)cc1.Cl. The van der Waals surface area contributed by atoms with Gasteiger partial charge >= 0.3 is 0 Å². The predicted molar refractivity (Wildman–Crippen MR) is 83.6 cm³/mol. The highest BCUT2D eigenvalue weighted by atomic mass is 35.5. The smallest absolute Gasteiger partial charge is 0.224 e. The number of ketones is 1. The lowest BCUT2D eigenvalue weighted by Crippen LogP contribution is -2.32. The number of amides is 1. The van der Waals surface area contributed by atoms with Crippen LogP contribution in [0.3, 0.4) is 0 Å². The Morgan fingerprint density at radius 1 is 1.05 bits per heavy atom. The summed E-state index contributed by atoms with van der Waals surface area (Å²) in [6.07, 6.45) is 1.45. The Bertz CT molecular complexity index is 418. The molecule has 0 aliphatic heterocycles. The Morgan fingerprint density at radius 3 is 2.25 bits per heavy atom. The number of halogens is 1. The van der Waals surface area contributed by atoms with Gasteiger partial charge in [0.25, 0.3) is 0 Å². The van der Waals surface area contributed by atoms with Crippen molar-refractivity contribution in [1.82, 2.24) is 10.6 Å². The van der Waals surface area contributed by atoms with Gasteiger partial charge in [0.15, 0.2) is 5.78 Å². The third-order valence-corrected chi connectivity index (χ3v) is 2.78. The van der Waals surface area contributed by atoms with Crippen LogP contribution in [0, 0.1) is 0 Å². The molecule has 1 aromatic carbocycles. The normalized spacial score (nSPS) is 9.70. The average Bonchev–Trinajstić information content (AvgIpc) is 2.39. The van der Waals surface area contributed by atoms with Crippen LogP contribution in [-0.4, -0.2) is 31.3 Å². The van der Waals surface area contributed by atoms with Crippen LogP contribution >= 0.6 is 12.4 Å². The molecule has 0 atom stereocenters. The van der Waals surface area contributed by atoms with Gasteiger partial charge in [-0.2, -0.15) is 0 Å². The lowest BCUT2D eigenvalue weighted by molar-refractivity contribution is -0.120. The largest absolute Gasteiger partial charge is 0.355 e. The monoisotopic (exact) mass is 298 g/mol. The first-order chi connectivity index (χ1) is 9.13. The van der Waals surface area contributed by atoms with Crippen LogP contribution in [0.2, 0.25) is 0 Å². The Labute approximate surface area is 126 Å². The lowest BCUT2D eigenvalue weighted by atomic mass is 10.1. The molecule has 0 aliphatic carbocycles. The van der Waals surface area contributed by atoms with Gasteiger partial charge < -0.3 is 10.6 Å². The van der Waals surface area contributed by atoms with Crippen LogP contribution in [0.1, 0.15) is 36.2 Å². The van der Waals surface area contributed by atoms with Gasteiger partial charge in [-0.1, -0.05) is 31.2 Å². The van der Waals surface area contributed by atoms with Crippen LogP contribution in [0.5, 0.6) is 0 Å². The molecule has 0 aliphatic rings. The molecule has 5 heteroatoms. The number of nitrogens with one attached hydrogen (secondary N) is 2. The molecule has 0 saturated carbocycles. The van der Waals surface area contributed by atoms with Crippen molar-refractivity contribution in [3.8, 4) is 0 Å². The van der Waals surface area contributed by atoms with E-state index in [2.05, 4.69) is 17.6 Å². The van der Waals surface area contributed by atoms with Gasteiger partial charge in [0.1, 0.15) is 0 Å². The van der Waals surface area contributed by atoms with E-state index in [4.69, 9.17) is 0 Å². The first-order valence-electron chi connectivity index (χ1n) is 6.70. The minimum Gasteiger partial charge on any atom is -0.355 e. The van der Waals surface area contributed by atoms with E-state index in [1.165, 1.54) is 6.92 Å². The Kier molecular flexibility index (Phi) is 9.68. The molecule has 0 saturated heterocycles. The van der Waals surface area contributed by atoms with E-state index < -0.39 is 0 Å². The van der Waals surface area contributed by atoms with Gasteiger partial charge in [-0.25, -0.2) is 0 Å². The second kappa shape index (κ2) is 10.4. The van der Waals surface area contributed by atoms with Gasteiger partial charge in [-0.3, -0.25) is 9.59 Å². The van der Waals surface area contributed by atoms with Crippen LogP contribution in [0.25, 0.3) is 0 Å². The standard InChI is InChI=1S/C15H22N2O2.ClH/c1-3-8-16-9-10-17-15(19)11-13-4-6-14(7-5-13)12(2)18;/h4-7,16H,3,8-11H2,1-2H3,(H,17,19);1H. The van der Waals surface area contributed by atoms with Gasteiger partial charge in [0.2, 0.25) is 5.91 Å². The van der Waals surface area contributed by atoms with Crippen molar-refractivity contribution < 1.29 is 9.59 Å². The number of carbonyl (C=O) groups is 2. The molecule has 1 aromatic rings. The van der Waals surface area contributed by atoms with Crippen molar-refractivity contribution in [3.63, 3.8) is 0 Å². The molecule has 20 heavy (non-hydrogen) atoms. The summed E-state index contributed by atoms with van der Waals surface area (Å²) in [5.74, 6) is 0.0480. The van der Waals surface area contributed by atoms with Crippen molar-refractivity contribution in [1.29, 1.82) is 0 Å². The summed E-state index contributed by atoms with van der Waals surface area (Å²) in [6.45, 7) is 6.05. The van der Waals surface area contributed by atoms with Crippen molar-refractivity contribution in [3.05, 3.63) is 35.4 Å². The van der Waals surface area contributed by atoms with E-state index >= 15 is 0 Å². The molecular weight excluding hydrogens is 276 g/mol. The quantitative estimate of drug-likeness (QED) is 0.570. The van der Waals surface area contributed by atoms with Gasteiger partial charge in [-0.15, -0.1) is 12.4 Å². The fraction of sp³-hybridized carbons (Fsp3) is 0.467. The first-order valence-corrected chi connectivity index (χ1v) is 6.70. The summed E-state index contributed by atoms with van der Waals surface area (Å²) >= 11 is 0. The van der Waals surface area contributed by atoms with E-state index in [0.717, 1.165) is 25.1 Å². The Balaban J connectivity index is 0.00000361. The second-order valence-electron chi connectivity index (χ2n) is 4.53. The molecule has 0 fully saturated rings. The third-order valence-electron chi connectivity index (χ3n) is 2.78. The zero-order valence-corrected chi connectivity index (χ0v) is 12.9. The van der Waals surface area contributed by atoms with Crippen LogP contribution in [0.15, 0.2) is 24.3 Å². The molecule has 1 amide bonds. The maximum Gasteiger partial charge on any atom is 0.224 e. The Morgan fingerprint density at radius 2 is 1.70 bits per heavy atom. The molecule has 112 valence electrons. The average molecular weight is 299 g/mol. The van der Waals surface area contributed by atoms with Crippen molar-refractivity contribution in [2.45, 2.75) is 26.7 Å². The number of hydrogen-bond acceptors (Lipinski definition) is 3. The molecule has 0 spiro atoms. The van der Waals surface area contributed by atoms with E-state index in [1.807, 2.05) is 12.1 Å². The minimum absolute atomic E-state index is 0. The number of carbonyl (C=O) groups excluding carboxylic acids is 2. The topological polar surface area (TPSA) is 58.2 Å². The molecule has 0 aromatic heterocycles. The molecule has 2 N–H and O–H groups in total. The van der Waals surface area contributed by atoms with Crippen LogP contribution in [0.4, 0.5) is 0 Å². The number of Topliss-reactive ketones (excluding diaryl/α,β-unsaturated/α-hetero) is 1. The summed E-state index contributed by atoms with van der Waals surface area (Å²) in [7, 11) is 0. The Hall–Kier alpha value is -1.39. The number of rotatable bonds is 8. The minimum atomic E-state index is 0. The summed E-state index contributed by atoms with van der Waals surface area (Å²) in [5.41, 5.74) is 1.59.